The molecular weight excluding hydrogens is 153 g/mol. The summed E-state index contributed by atoms with van der Waals surface area (Å²) < 4.78 is 8.70. The maximum absolute atomic E-state index is 8.70. The molecule has 0 heterocycles. The van der Waals surface area contributed by atoms with E-state index in [-0.39, 0.29) is 5.41 Å². The van der Waals surface area contributed by atoms with E-state index >= 15 is 0 Å². The average molecular weight is 164 g/mol. The molecule has 10 heavy (non-hydrogen) atoms. The van der Waals surface area contributed by atoms with Gasteiger partial charge in [0.1, 0.15) is 0 Å². The summed E-state index contributed by atoms with van der Waals surface area (Å²) in [5.74, 6) is 0. The van der Waals surface area contributed by atoms with Crippen molar-refractivity contribution >= 4 is 8.25 Å². The van der Waals surface area contributed by atoms with Crippen molar-refractivity contribution in [2.45, 2.75) is 20.8 Å². The van der Waals surface area contributed by atoms with E-state index in [9.17, 15) is 0 Å². The molecule has 0 aliphatic heterocycles. The Kier molecular flexibility index (Phi) is 6.48. The van der Waals surface area contributed by atoms with Crippen LogP contribution in [0, 0.1) is 16.7 Å². The lowest BCUT2D eigenvalue weighted by molar-refractivity contribution is 0.405. The van der Waals surface area contributed by atoms with Gasteiger partial charge in [-0.15, -0.1) is 9.79 Å². The van der Waals surface area contributed by atoms with Crippen molar-refractivity contribution in [1.82, 2.24) is 0 Å². The topological polar surface area (TPSA) is 81.3 Å². The second-order valence-electron chi connectivity index (χ2n) is 2.61. The number of nitriles is 1. The molecule has 2 N–H and O–H groups in total. The Morgan fingerprint density at radius 3 is 1.50 bits per heavy atom. The first-order valence-electron chi connectivity index (χ1n) is 2.56. The van der Waals surface area contributed by atoms with E-state index < -0.39 is 8.25 Å². The van der Waals surface area contributed by atoms with Gasteiger partial charge in [0.05, 0.1) is 6.07 Å². The Balaban J connectivity index is 0. The largest absolute Gasteiger partial charge is 0.692 e. The van der Waals surface area contributed by atoms with Crippen LogP contribution >= 0.6 is 8.25 Å². The summed E-state index contributed by atoms with van der Waals surface area (Å²) in [5, 5.41) is 8.15. The minimum atomic E-state index is -2.87. The SMILES string of the molecule is CC(C)(C)C#N.O=[P+](O)O. The van der Waals surface area contributed by atoms with Crippen LogP contribution in [0.4, 0.5) is 0 Å². The zero-order valence-electron chi connectivity index (χ0n) is 6.20. The third kappa shape index (κ3) is 50.5. The van der Waals surface area contributed by atoms with Crippen LogP contribution in [0.25, 0.3) is 0 Å². The van der Waals surface area contributed by atoms with E-state index in [1.165, 1.54) is 0 Å². The fraction of sp³-hybridized carbons (Fsp3) is 0.800. The van der Waals surface area contributed by atoms with Crippen LogP contribution in [0.5, 0.6) is 0 Å². The molecule has 0 spiro atoms. The van der Waals surface area contributed by atoms with Gasteiger partial charge in [-0.25, -0.2) is 0 Å². The van der Waals surface area contributed by atoms with Gasteiger partial charge in [0, 0.05) is 9.98 Å². The molecule has 5 heteroatoms. The molecule has 58 valence electrons. The van der Waals surface area contributed by atoms with Crippen molar-refractivity contribution in [2.75, 3.05) is 0 Å². The van der Waals surface area contributed by atoms with Gasteiger partial charge in [-0.05, 0) is 20.8 Å². The summed E-state index contributed by atoms with van der Waals surface area (Å²) >= 11 is 0. The first-order valence-corrected chi connectivity index (χ1v) is 3.72. The quantitative estimate of drug-likeness (QED) is 0.527. The van der Waals surface area contributed by atoms with Crippen LogP contribution < -0.4 is 0 Å². The number of rotatable bonds is 0. The smallest absolute Gasteiger partial charge is 0.198 e. The lowest BCUT2D eigenvalue weighted by Crippen LogP contribution is -1.97. The van der Waals surface area contributed by atoms with Gasteiger partial charge in [-0.2, -0.15) is 5.26 Å². The van der Waals surface area contributed by atoms with Crippen molar-refractivity contribution in [2.24, 2.45) is 5.41 Å². The number of nitrogens with zero attached hydrogens (tertiary/aromatic N) is 1. The highest BCUT2D eigenvalue weighted by atomic mass is 31.1. The molecule has 0 saturated heterocycles. The molecule has 0 aromatic heterocycles. The van der Waals surface area contributed by atoms with Gasteiger partial charge >= 0.3 is 8.25 Å². The van der Waals surface area contributed by atoms with E-state index in [2.05, 4.69) is 6.07 Å². The zero-order valence-corrected chi connectivity index (χ0v) is 7.09. The van der Waals surface area contributed by atoms with Crippen molar-refractivity contribution in [1.29, 1.82) is 5.26 Å². The van der Waals surface area contributed by atoms with Crippen molar-refractivity contribution in [3.63, 3.8) is 0 Å². The van der Waals surface area contributed by atoms with E-state index in [0.29, 0.717) is 0 Å². The summed E-state index contributed by atoms with van der Waals surface area (Å²) in [6, 6.07) is 2.10. The lowest BCUT2D eigenvalue weighted by Gasteiger charge is -2.01. The average Bonchev–Trinajstić information content (AvgIpc) is 1.63. The second kappa shape index (κ2) is 5.31. The molecule has 0 unspecified atom stereocenters. The van der Waals surface area contributed by atoms with Crippen LogP contribution in [-0.2, 0) is 4.57 Å². The normalized spacial score (nSPS) is 8.80. The summed E-state index contributed by atoms with van der Waals surface area (Å²) in [6.45, 7) is 5.65. The molecule has 0 aliphatic rings. The van der Waals surface area contributed by atoms with Gasteiger partial charge in [0.25, 0.3) is 0 Å². The molecule has 0 aromatic rings. The predicted octanol–water partition coefficient (Wildman–Crippen LogP) is 1.18. The highest BCUT2D eigenvalue weighted by molar-refractivity contribution is 7.30. The van der Waals surface area contributed by atoms with Gasteiger partial charge in [0.2, 0.25) is 0 Å². The van der Waals surface area contributed by atoms with Crippen molar-refractivity contribution in [3.8, 4) is 6.07 Å². The van der Waals surface area contributed by atoms with Crippen LogP contribution in [0.3, 0.4) is 0 Å². The Labute approximate surface area is 61.1 Å². The Bertz CT molecular complexity index is 140. The van der Waals surface area contributed by atoms with Crippen LogP contribution in [0.2, 0.25) is 0 Å². The molecule has 0 radical (unpaired) electrons. The fourth-order valence-corrected chi connectivity index (χ4v) is 0. The minimum absolute atomic E-state index is 0.153. The van der Waals surface area contributed by atoms with Gasteiger partial charge in [0.15, 0.2) is 0 Å². The van der Waals surface area contributed by atoms with Crippen LogP contribution in [0.15, 0.2) is 0 Å². The summed E-state index contributed by atoms with van der Waals surface area (Å²) in [7, 11) is -2.87. The second-order valence-corrected chi connectivity index (χ2v) is 3.12. The van der Waals surface area contributed by atoms with Crippen LogP contribution in [-0.4, -0.2) is 9.79 Å². The maximum Gasteiger partial charge on any atom is 0.692 e. The Morgan fingerprint density at radius 2 is 1.50 bits per heavy atom. The molecule has 0 bridgehead atoms. The molecule has 0 aromatic carbocycles. The Hall–Kier alpha value is -0.490. The van der Waals surface area contributed by atoms with E-state index in [1.54, 1.807) is 0 Å². The molecule has 0 rings (SSSR count). The molecule has 4 nitrogen and oxygen atoms in total. The molecule has 0 aliphatic carbocycles. The maximum atomic E-state index is 8.70. The summed E-state index contributed by atoms with van der Waals surface area (Å²) in [4.78, 5) is 14.2. The third-order valence-electron chi connectivity index (χ3n) is 0.335. The third-order valence-corrected chi connectivity index (χ3v) is 0.335. The highest BCUT2D eigenvalue weighted by Gasteiger charge is 2.04. The van der Waals surface area contributed by atoms with Crippen molar-refractivity contribution in [3.05, 3.63) is 0 Å². The van der Waals surface area contributed by atoms with Gasteiger partial charge < -0.3 is 0 Å². The molecular formula is C5H11NO3P+. The molecule has 0 amide bonds. The molecule has 0 saturated carbocycles. The fourth-order valence-electron chi connectivity index (χ4n) is 0. The Morgan fingerprint density at radius 1 is 1.40 bits per heavy atom. The van der Waals surface area contributed by atoms with Crippen LogP contribution in [0.1, 0.15) is 20.8 Å². The minimum Gasteiger partial charge on any atom is -0.198 e. The predicted molar refractivity (Wildman–Crippen MR) is 37.1 cm³/mol. The highest BCUT2D eigenvalue weighted by Crippen LogP contribution is 2.08. The molecule has 0 fully saturated rings. The number of hydrogen-bond acceptors (Lipinski definition) is 2. The lowest BCUT2D eigenvalue weighted by atomic mass is 10.0. The monoisotopic (exact) mass is 164 g/mol. The van der Waals surface area contributed by atoms with E-state index in [0.717, 1.165) is 0 Å². The first-order chi connectivity index (χ1) is 4.29. The molecule has 0 atom stereocenters. The summed E-state index contributed by atoms with van der Waals surface area (Å²) in [6.07, 6.45) is 0. The van der Waals surface area contributed by atoms with E-state index in [1.807, 2.05) is 20.8 Å². The first kappa shape index (κ1) is 12.2. The standard InChI is InChI=1S/C5H9N.HO3P/c1-5(2,3)4-6;1-4(2)3/h1-3H3;(H-,1,2,3)/p+1. The zero-order chi connectivity index (χ0) is 8.78. The van der Waals surface area contributed by atoms with Gasteiger partial charge in [-0.3, -0.25) is 0 Å². The van der Waals surface area contributed by atoms with E-state index in [4.69, 9.17) is 19.6 Å². The summed E-state index contributed by atoms with van der Waals surface area (Å²) in [5.41, 5.74) is -0.153. The number of hydrogen-bond donors (Lipinski definition) is 2. The van der Waals surface area contributed by atoms with Crippen molar-refractivity contribution < 1.29 is 14.4 Å². The van der Waals surface area contributed by atoms with Gasteiger partial charge in [-0.1, -0.05) is 0 Å².